The van der Waals surface area contributed by atoms with Crippen LogP contribution in [-0.2, 0) is 14.3 Å². The molecule has 0 aliphatic carbocycles. The van der Waals surface area contributed by atoms with Crippen molar-refractivity contribution in [2.75, 3.05) is 5.88 Å². The second-order valence-corrected chi connectivity index (χ2v) is 7.38. The van der Waals surface area contributed by atoms with Crippen molar-refractivity contribution in [1.29, 1.82) is 0 Å². The van der Waals surface area contributed by atoms with Crippen LogP contribution in [0, 0.1) is 0 Å². The van der Waals surface area contributed by atoms with E-state index in [1.807, 2.05) is 32.6 Å². The zero-order chi connectivity index (χ0) is 16.4. The molecule has 0 radical (unpaired) electrons. The van der Waals surface area contributed by atoms with Gasteiger partial charge in [-0.25, -0.2) is 0 Å². The van der Waals surface area contributed by atoms with E-state index in [1.165, 1.54) is 0 Å². The largest absolute Gasteiger partial charge is 0.462 e. The summed E-state index contributed by atoms with van der Waals surface area (Å²) in [5.41, 5.74) is -0.276. The van der Waals surface area contributed by atoms with Crippen LogP contribution in [0.3, 0.4) is 0 Å². The molecule has 0 N–H and O–H groups in total. The number of esters is 1. The van der Waals surface area contributed by atoms with Gasteiger partial charge in [0.15, 0.2) is 0 Å². The zero-order valence-electron chi connectivity index (χ0n) is 13.7. The fourth-order valence-corrected chi connectivity index (χ4v) is 3.49. The molecule has 0 unspecified atom stereocenters. The summed E-state index contributed by atoms with van der Waals surface area (Å²) in [4.78, 5) is 26.0. The molecule has 0 aromatic carbocycles. The molecule has 0 spiro atoms. The minimum absolute atomic E-state index is 0.0458. The maximum absolute atomic E-state index is 12.5. The van der Waals surface area contributed by atoms with E-state index in [0.29, 0.717) is 18.4 Å². The molecule has 1 aliphatic heterocycles. The fourth-order valence-electron chi connectivity index (χ4n) is 3.33. The van der Waals surface area contributed by atoms with Crippen molar-refractivity contribution in [2.45, 2.75) is 71.1 Å². The number of halogens is 1. The smallest absolute Gasteiger partial charge is 0.307 e. The van der Waals surface area contributed by atoms with Crippen molar-refractivity contribution in [2.24, 2.45) is 0 Å². The van der Waals surface area contributed by atoms with Crippen LogP contribution < -0.4 is 0 Å². The van der Waals surface area contributed by atoms with E-state index < -0.39 is 11.1 Å². The molecule has 0 saturated carbocycles. The molecule has 120 valence electrons. The van der Waals surface area contributed by atoms with E-state index in [2.05, 4.69) is 6.58 Å². The second kappa shape index (κ2) is 6.39. The van der Waals surface area contributed by atoms with E-state index in [1.54, 1.807) is 6.92 Å². The highest BCUT2D eigenvalue weighted by atomic mass is 35.5. The summed E-state index contributed by atoms with van der Waals surface area (Å²) in [5, 5.41) is 0. The molecule has 0 atom stereocenters. The Morgan fingerprint density at radius 3 is 2.10 bits per heavy atom. The van der Waals surface area contributed by atoms with Crippen LogP contribution in [0.15, 0.2) is 12.2 Å². The van der Waals surface area contributed by atoms with Gasteiger partial charge in [-0.05, 0) is 34.6 Å². The lowest BCUT2D eigenvalue weighted by molar-refractivity contribution is -0.165. The minimum Gasteiger partial charge on any atom is -0.462 e. The second-order valence-electron chi connectivity index (χ2n) is 7.00. The Balaban J connectivity index is 2.94. The Hall–Kier alpha value is -1.03. The van der Waals surface area contributed by atoms with Gasteiger partial charge in [-0.2, -0.15) is 0 Å². The number of likely N-dealkylation sites (tertiary alicyclic amines) is 1. The number of alkyl halides is 1. The maximum Gasteiger partial charge on any atom is 0.307 e. The lowest BCUT2D eigenvalue weighted by Gasteiger charge is -2.54. The molecule has 1 fully saturated rings. The Morgan fingerprint density at radius 2 is 1.71 bits per heavy atom. The monoisotopic (exact) mass is 315 g/mol. The van der Waals surface area contributed by atoms with Crippen molar-refractivity contribution in [3.8, 4) is 0 Å². The van der Waals surface area contributed by atoms with Crippen molar-refractivity contribution < 1.29 is 14.3 Å². The average Bonchev–Trinajstić information content (AvgIpc) is 2.24. The summed E-state index contributed by atoms with van der Waals surface area (Å²) in [5.74, 6) is -0.0599. The van der Waals surface area contributed by atoms with Gasteiger partial charge in [0.25, 0.3) is 0 Å². The van der Waals surface area contributed by atoms with Crippen LogP contribution in [0.1, 0.15) is 53.9 Å². The minimum atomic E-state index is -0.399. The number of hydrogen-bond donors (Lipinski definition) is 0. The number of carbonyl (C=O) groups is 2. The van der Waals surface area contributed by atoms with Crippen molar-refractivity contribution in [3.05, 3.63) is 12.2 Å². The van der Waals surface area contributed by atoms with Gasteiger partial charge in [-0.3, -0.25) is 9.59 Å². The molecule has 1 aliphatic rings. The number of nitrogens with zero attached hydrogens (tertiary/aromatic N) is 1. The van der Waals surface area contributed by atoms with Crippen LogP contribution in [0.2, 0.25) is 0 Å². The highest BCUT2D eigenvalue weighted by molar-refractivity contribution is 6.18. The Labute approximate surface area is 132 Å². The van der Waals surface area contributed by atoms with Crippen molar-refractivity contribution in [3.63, 3.8) is 0 Å². The molecule has 21 heavy (non-hydrogen) atoms. The van der Waals surface area contributed by atoms with E-state index in [9.17, 15) is 9.59 Å². The molecule has 4 nitrogen and oxygen atoms in total. The van der Waals surface area contributed by atoms with Gasteiger partial charge in [-0.15, -0.1) is 11.6 Å². The van der Waals surface area contributed by atoms with Crippen LogP contribution in [0.4, 0.5) is 0 Å². The SMILES string of the molecule is C=C(C)C(=O)N1C(C)(C)CC(OC(=O)CCCl)CC1(C)C. The normalized spacial score (nSPS) is 21.0. The quantitative estimate of drug-likeness (QED) is 0.454. The first-order chi connectivity index (χ1) is 9.51. The summed E-state index contributed by atoms with van der Waals surface area (Å²) in [6.07, 6.45) is 1.25. The summed E-state index contributed by atoms with van der Waals surface area (Å²) >= 11 is 5.56. The van der Waals surface area contributed by atoms with E-state index in [0.717, 1.165) is 0 Å². The van der Waals surface area contributed by atoms with Gasteiger partial charge in [0, 0.05) is 35.4 Å². The van der Waals surface area contributed by atoms with Crippen LogP contribution in [-0.4, -0.2) is 39.8 Å². The third-order valence-corrected chi connectivity index (χ3v) is 4.02. The summed E-state index contributed by atoms with van der Waals surface area (Å²) in [7, 11) is 0. The van der Waals surface area contributed by atoms with E-state index >= 15 is 0 Å². The standard InChI is InChI=1S/C16H26ClNO3/c1-11(2)14(20)18-15(3,4)9-12(10-16(18,5)6)21-13(19)7-8-17/h12H,1,7-10H2,2-6H3. The van der Waals surface area contributed by atoms with Crippen molar-refractivity contribution >= 4 is 23.5 Å². The molecule has 1 heterocycles. The van der Waals surface area contributed by atoms with Crippen LogP contribution in [0.25, 0.3) is 0 Å². The van der Waals surface area contributed by atoms with Crippen LogP contribution >= 0.6 is 11.6 Å². The number of rotatable bonds is 4. The number of hydrogen-bond acceptors (Lipinski definition) is 3. The molecule has 0 bridgehead atoms. The molecule has 0 aromatic heterocycles. The summed E-state index contributed by atoms with van der Waals surface area (Å²) < 4.78 is 5.51. The molecule has 0 aromatic rings. The molecule has 1 amide bonds. The third kappa shape index (κ3) is 4.22. The fraction of sp³-hybridized carbons (Fsp3) is 0.750. The maximum atomic E-state index is 12.5. The topological polar surface area (TPSA) is 46.6 Å². The van der Waals surface area contributed by atoms with E-state index in [4.69, 9.17) is 16.3 Å². The van der Waals surface area contributed by atoms with E-state index in [-0.39, 0.29) is 30.3 Å². The lowest BCUT2D eigenvalue weighted by atomic mass is 9.77. The first-order valence-corrected chi connectivity index (χ1v) is 7.80. The van der Waals surface area contributed by atoms with Gasteiger partial charge < -0.3 is 9.64 Å². The number of carbonyl (C=O) groups excluding carboxylic acids is 2. The Morgan fingerprint density at radius 1 is 1.24 bits per heavy atom. The third-order valence-electron chi connectivity index (χ3n) is 3.83. The number of piperidine rings is 1. The van der Waals surface area contributed by atoms with Gasteiger partial charge in [0.05, 0.1) is 6.42 Å². The molecular formula is C16H26ClNO3. The van der Waals surface area contributed by atoms with Crippen molar-refractivity contribution in [1.82, 2.24) is 4.90 Å². The number of amides is 1. The first kappa shape index (κ1) is 18.0. The number of ether oxygens (including phenoxy) is 1. The van der Waals surface area contributed by atoms with Gasteiger partial charge >= 0.3 is 5.97 Å². The van der Waals surface area contributed by atoms with Gasteiger partial charge in [-0.1, -0.05) is 6.58 Å². The highest BCUT2D eigenvalue weighted by Gasteiger charge is 2.48. The lowest BCUT2D eigenvalue weighted by Crippen LogP contribution is -2.64. The zero-order valence-corrected chi connectivity index (χ0v) is 14.4. The van der Waals surface area contributed by atoms with Gasteiger partial charge in [0.1, 0.15) is 6.10 Å². The molecule has 5 heteroatoms. The average molecular weight is 316 g/mol. The molecule has 1 rings (SSSR count). The predicted molar refractivity (Wildman–Crippen MR) is 84.3 cm³/mol. The van der Waals surface area contributed by atoms with Crippen LogP contribution in [0.5, 0.6) is 0 Å². The highest BCUT2D eigenvalue weighted by Crippen LogP contribution is 2.40. The Kier molecular flexibility index (Phi) is 5.48. The molecular weight excluding hydrogens is 290 g/mol. The predicted octanol–water partition coefficient (Wildman–Crippen LogP) is 3.28. The van der Waals surface area contributed by atoms with Gasteiger partial charge in [0.2, 0.25) is 5.91 Å². The Bertz CT molecular complexity index is 425. The molecule has 1 saturated heterocycles. The first-order valence-electron chi connectivity index (χ1n) is 7.27. The summed E-state index contributed by atoms with van der Waals surface area (Å²) in [6, 6.07) is 0. The summed E-state index contributed by atoms with van der Waals surface area (Å²) in [6.45, 7) is 13.5.